The lowest BCUT2D eigenvalue weighted by Crippen LogP contribution is -2.26. The topological polar surface area (TPSA) is 60.8 Å². The van der Waals surface area contributed by atoms with Crippen molar-refractivity contribution in [2.75, 3.05) is 24.6 Å². The molecule has 4 nitrogen and oxygen atoms in total. The zero-order chi connectivity index (χ0) is 13.5. The van der Waals surface area contributed by atoms with Crippen molar-refractivity contribution in [1.29, 1.82) is 0 Å². The van der Waals surface area contributed by atoms with Gasteiger partial charge < -0.3 is 15.1 Å². The van der Waals surface area contributed by atoms with Crippen LogP contribution in [-0.2, 0) is 4.79 Å². The molecular weight excluding hydrogens is 230 g/mol. The molecule has 0 spiro atoms. The molecule has 0 aromatic heterocycles. The van der Waals surface area contributed by atoms with Crippen LogP contribution < -0.4 is 4.90 Å². The molecular formula is C14H19NO3. The molecule has 0 saturated heterocycles. The molecule has 98 valence electrons. The number of aliphatic hydroxyl groups is 1. The number of aryl methyl sites for hydroxylation is 1. The zero-order valence-electron chi connectivity index (χ0n) is 10.8. The number of aliphatic hydroxyl groups excluding tert-OH is 1. The number of carboxylic acids is 1. The standard InChI is InChI=1S/C14H19NO3/c1-3-15(8-9-16)13-6-4-12(11(2)10-13)5-7-14(17)18/h4-7,10,16H,3,8-9H2,1-2H3,(H,17,18)/b7-5+. The first-order valence-electron chi connectivity index (χ1n) is 5.96. The molecule has 0 heterocycles. The first-order valence-corrected chi connectivity index (χ1v) is 5.96. The van der Waals surface area contributed by atoms with Crippen LogP contribution in [0.25, 0.3) is 6.08 Å². The molecule has 18 heavy (non-hydrogen) atoms. The van der Waals surface area contributed by atoms with E-state index in [1.165, 1.54) is 0 Å². The van der Waals surface area contributed by atoms with E-state index in [4.69, 9.17) is 10.2 Å². The molecule has 4 heteroatoms. The number of hydrogen-bond acceptors (Lipinski definition) is 3. The molecule has 1 rings (SSSR count). The third kappa shape index (κ3) is 3.89. The summed E-state index contributed by atoms with van der Waals surface area (Å²) >= 11 is 0. The van der Waals surface area contributed by atoms with Crippen molar-refractivity contribution in [1.82, 2.24) is 0 Å². The van der Waals surface area contributed by atoms with Gasteiger partial charge in [-0.2, -0.15) is 0 Å². The van der Waals surface area contributed by atoms with Gasteiger partial charge in [0.15, 0.2) is 0 Å². The first kappa shape index (κ1) is 14.3. The summed E-state index contributed by atoms with van der Waals surface area (Å²) in [6.07, 6.45) is 2.72. The number of likely N-dealkylation sites (N-methyl/N-ethyl adjacent to an activating group) is 1. The normalized spacial score (nSPS) is 10.8. The second kappa shape index (κ2) is 6.81. The minimum absolute atomic E-state index is 0.119. The van der Waals surface area contributed by atoms with Crippen LogP contribution >= 0.6 is 0 Å². The van der Waals surface area contributed by atoms with Gasteiger partial charge in [0.2, 0.25) is 0 Å². The van der Waals surface area contributed by atoms with Crippen molar-refractivity contribution in [3.63, 3.8) is 0 Å². The maximum Gasteiger partial charge on any atom is 0.328 e. The van der Waals surface area contributed by atoms with E-state index in [0.717, 1.165) is 29.4 Å². The molecule has 0 amide bonds. The van der Waals surface area contributed by atoms with Crippen LogP contribution in [0.1, 0.15) is 18.1 Å². The quantitative estimate of drug-likeness (QED) is 0.756. The first-order chi connectivity index (χ1) is 8.58. The Kier molecular flexibility index (Phi) is 5.39. The van der Waals surface area contributed by atoms with Crippen molar-refractivity contribution in [2.24, 2.45) is 0 Å². The van der Waals surface area contributed by atoms with Gasteiger partial charge in [-0.25, -0.2) is 4.79 Å². The second-order valence-electron chi connectivity index (χ2n) is 4.02. The predicted octanol–water partition coefficient (Wildman–Crippen LogP) is 1.91. The average molecular weight is 249 g/mol. The fourth-order valence-corrected chi connectivity index (χ4v) is 1.80. The summed E-state index contributed by atoms with van der Waals surface area (Å²) < 4.78 is 0. The van der Waals surface area contributed by atoms with Crippen molar-refractivity contribution in [3.8, 4) is 0 Å². The monoisotopic (exact) mass is 249 g/mol. The Hall–Kier alpha value is -1.81. The number of nitrogens with zero attached hydrogens (tertiary/aromatic N) is 1. The van der Waals surface area contributed by atoms with Crippen LogP contribution in [0, 0.1) is 6.92 Å². The Morgan fingerprint density at radius 1 is 1.44 bits per heavy atom. The van der Waals surface area contributed by atoms with Gasteiger partial charge >= 0.3 is 5.97 Å². The van der Waals surface area contributed by atoms with E-state index in [2.05, 4.69) is 4.90 Å². The van der Waals surface area contributed by atoms with Crippen LogP contribution in [0.15, 0.2) is 24.3 Å². The van der Waals surface area contributed by atoms with Gasteiger partial charge in [-0.15, -0.1) is 0 Å². The number of rotatable bonds is 6. The molecule has 0 bridgehead atoms. The van der Waals surface area contributed by atoms with Crippen LogP contribution in [-0.4, -0.2) is 35.9 Å². The van der Waals surface area contributed by atoms with Gasteiger partial charge in [0.25, 0.3) is 0 Å². The molecule has 0 atom stereocenters. The Bertz CT molecular complexity index is 441. The maximum atomic E-state index is 10.5. The van der Waals surface area contributed by atoms with E-state index in [1.807, 2.05) is 32.0 Å². The van der Waals surface area contributed by atoms with Gasteiger partial charge in [0.1, 0.15) is 0 Å². The van der Waals surface area contributed by atoms with Gasteiger partial charge in [-0.3, -0.25) is 0 Å². The van der Waals surface area contributed by atoms with Crippen molar-refractivity contribution in [3.05, 3.63) is 35.4 Å². The average Bonchev–Trinajstić information content (AvgIpc) is 2.34. The van der Waals surface area contributed by atoms with Crippen LogP contribution in [0.4, 0.5) is 5.69 Å². The zero-order valence-corrected chi connectivity index (χ0v) is 10.8. The predicted molar refractivity (Wildman–Crippen MR) is 72.8 cm³/mol. The largest absolute Gasteiger partial charge is 0.478 e. The van der Waals surface area contributed by atoms with E-state index in [9.17, 15) is 4.79 Å². The number of benzene rings is 1. The molecule has 0 saturated carbocycles. The SMILES string of the molecule is CCN(CCO)c1ccc(/C=C/C(=O)O)c(C)c1. The van der Waals surface area contributed by atoms with Crippen LogP contribution in [0.3, 0.4) is 0 Å². The summed E-state index contributed by atoms with van der Waals surface area (Å²) in [6.45, 7) is 5.51. The van der Waals surface area contributed by atoms with Gasteiger partial charge in [-0.1, -0.05) is 6.07 Å². The molecule has 0 radical (unpaired) electrons. The van der Waals surface area contributed by atoms with Crippen molar-refractivity contribution in [2.45, 2.75) is 13.8 Å². The lowest BCUT2D eigenvalue weighted by molar-refractivity contribution is -0.131. The maximum absolute atomic E-state index is 10.5. The lowest BCUT2D eigenvalue weighted by atomic mass is 10.1. The van der Waals surface area contributed by atoms with Crippen molar-refractivity contribution >= 4 is 17.7 Å². The number of anilines is 1. The van der Waals surface area contributed by atoms with E-state index >= 15 is 0 Å². The Labute approximate surface area is 107 Å². The van der Waals surface area contributed by atoms with Gasteiger partial charge in [0.05, 0.1) is 6.61 Å². The third-order valence-electron chi connectivity index (χ3n) is 2.78. The van der Waals surface area contributed by atoms with E-state index in [1.54, 1.807) is 6.08 Å². The van der Waals surface area contributed by atoms with E-state index < -0.39 is 5.97 Å². The van der Waals surface area contributed by atoms with E-state index in [0.29, 0.717) is 6.54 Å². The highest BCUT2D eigenvalue weighted by Gasteiger charge is 2.05. The highest BCUT2D eigenvalue weighted by molar-refractivity contribution is 5.85. The summed E-state index contributed by atoms with van der Waals surface area (Å²) in [5.74, 6) is -0.950. The molecule has 1 aromatic rings. The summed E-state index contributed by atoms with van der Waals surface area (Å²) in [5.41, 5.74) is 2.94. The number of aliphatic carboxylic acids is 1. The fraction of sp³-hybridized carbons (Fsp3) is 0.357. The Morgan fingerprint density at radius 3 is 2.67 bits per heavy atom. The summed E-state index contributed by atoms with van der Waals surface area (Å²) in [7, 11) is 0. The molecule has 0 unspecified atom stereocenters. The third-order valence-corrected chi connectivity index (χ3v) is 2.78. The Balaban J connectivity index is 2.94. The highest BCUT2D eigenvalue weighted by atomic mass is 16.4. The van der Waals surface area contributed by atoms with Gasteiger partial charge in [0, 0.05) is 24.9 Å². The van der Waals surface area contributed by atoms with Crippen molar-refractivity contribution < 1.29 is 15.0 Å². The summed E-state index contributed by atoms with van der Waals surface area (Å²) in [5, 5.41) is 17.6. The van der Waals surface area contributed by atoms with Crippen LogP contribution in [0.2, 0.25) is 0 Å². The molecule has 1 aromatic carbocycles. The minimum atomic E-state index is -0.950. The lowest BCUT2D eigenvalue weighted by Gasteiger charge is -2.22. The molecule has 0 aliphatic carbocycles. The van der Waals surface area contributed by atoms with E-state index in [-0.39, 0.29) is 6.61 Å². The minimum Gasteiger partial charge on any atom is -0.478 e. The fourth-order valence-electron chi connectivity index (χ4n) is 1.80. The molecule has 2 N–H and O–H groups in total. The molecule has 0 fully saturated rings. The number of carboxylic acid groups (broad SMARTS) is 1. The summed E-state index contributed by atoms with van der Waals surface area (Å²) in [6, 6.07) is 5.83. The smallest absolute Gasteiger partial charge is 0.328 e. The highest BCUT2D eigenvalue weighted by Crippen LogP contribution is 2.20. The summed E-state index contributed by atoms with van der Waals surface area (Å²) in [4.78, 5) is 12.5. The Morgan fingerprint density at radius 2 is 2.17 bits per heavy atom. The molecule has 0 aliphatic rings. The second-order valence-corrected chi connectivity index (χ2v) is 4.02. The van der Waals surface area contributed by atoms with Crippen LogP contribution in [0.5, 0.6) is 0 Å². The van der Waals surface area contributed by atoms with Gasteiger partial charge in [-0.05, 0) is 43.2 Å². The number of hydrogen-bond donors (Lipinski definition) is 2. The number of carbonyl (C=O) groups is 1. The molecule has 0 aliphatic heterocycles.